The summed E-state index contributed by atoms with van der Waals surface area (Å²) in [7, 11) is 2.11. The van der Waals surface area contributed by atoms with E-state index in [0.717, 1.165) is 42.8 Å². The average Bonchev–Trinajstić information content (AvgIpc) is 3.23. The van der Waals surface area contributed by atoms with Crippen LogP contribution in [0.25, 0.3) is 11.0 Å². The number of aliphatic hydroxyl groups excluding tert-OH is 1. The molecule has 1 amide bonds. The van der Waals surface area contributed by atoms with Gasteiger partial charge in [0, 0.05) is 38.8 Å². The maximum Gasteiger partial charge on any atom is 0.224 e. The summed E-state index contributed by atoms with van der Waals surface area (Å²) in [5.74, 6) is 1.03. The Morgan fingerprint density at radius 2 is 2.04 bits per heavy atom. The summed E-state index contributed by atoms with van der Waals surface area (Å²) in [5, 5.41) is 10.1. The molecule has 1 saturated carbocycles. The highest BCUT2D eigenvalue weighted by Gasteiger charge is 2.59. The first kappa shape index (κ1) is 17.3. The molecular formula is C19H27N5O2. The summed E-state index contributed by atoms with van der Waals surface area (Å²) < 4.78 is 0. The van der Waals surface area contributed by atoms with Crippen molar-refractivity contribution < 1.29 is 9.90 Å². The molecule has 3 heterocycles. The normalized spacial score (nSPS) is 30.8. The summed E-state index contributed by atoms with van der Waals surface area (Å²) >= 11 is 0. The minimum atomic E-state index is -0.0749. The topological polar surface area (TPSA) is 85.4 Å². The van der Waals surface area contributed by atoms with Gasteiger partial charge >= 0.3 is 0 Å². The van der Waals surface area contributed by atoms with E-state index in [4.69, 9.17) is 5.11 Å². The fourth-order valence-electron chi connectivity index (χ4n) is 5.03. The second-order valence-electron chi connectivity index (χ2n) is 8.45. The lowest BCUT2D eigenvalue weighted by molar-refractivity contribution is -0.131. The molecule has 1 aliphatic heterocycles. The lowest BCUT2D eigenvalue weighted by Gasteiger charge is -2.31. The summed E-state index contributed by atoms with van der Waals surface area (Å²) in [4.78, 5) is 28.4. The first-order chi connectivity index (χ1) is 12.4. The molecule has 26 heavy (non-hydrogen) atoms. The van der Waals surface area contributed by atoms with Gasteiger partial charge < -0.3 is 19.9 Å². The Balaban J connectivity index is 1.56. The Morgan fingerprint density at radius 3 is 2.69 bits per heavy atom. The maximum atomic E-state index is 12.2. The molecule has 0 aromatic carbocycles. The van der Waals surface area contributed by atoms with Crippen LogP contribution in [0.15, 0.2) is 18.6 Å². The third kappa shape index (κ3) is 2.48. The van der Waals surface area contributed by atoms with E-state index in [0.29, 0.717) is 6.04 Å². The number of hydrogen-bond donors (Lipinski definition) is 2. The number of nitrogens with zero attached hydrogens (tertiary/aromatic N) is 4. The van der Waals surface area contributed by atoms with Crippen molar-refractivity contribution in [3.63, 3.8) is 0 Å². The van der Waals surface area contributed by atoms with Crippen LogP contribution in [0.5, 0.6) is 0 Å². The zero-order chi connectivity index (χ0) is 18.5. The molecule has 0 bridgehead atoms. The van der Waals surface area contributed by atoms with Crippen LogP contribution in [0.3, 0.4) is 0 Å². The first-order valence-electron chi connectivity index (χ1n) is 9.26. The van der Waals surface area contributed by atoms with Crippen molar-refractivity contribution in [1.82, 2.24) is 19.9 Å². The van der Waals surface area contributed by atoms with Crippen molar-refractivity contribution >= 4 is 22.8 Å². The first-order valence-corrected chi connectivity index (χ1v) is 9.26. The van der Waals surface area contributed by atoms with Crippen LogP contribution >= 0.6 is 0 Å². The lowest BCUT2D eigenvalue weighted by atomic mass is 9.71. The van der Waals surface area contributed by atoms with E-state index in [2.05, 4.69) is 40.7 Å². The molecule has 7 nitrogen and oxygen atoms in total. The van der Waals surface area contributed by atoms with Gasteiger partial charge in [0.15, 0.2) is 0 Å². The van der Waals surface area contributed by atoms with Crippen molar-refractivity contribution in [3.05, 3.63) is 18.6 Å². The van der Waals surface area contributed by atoms with Gasteiger partial charge in [-0.1, -0.05) is 13.8 Å². The third-order valence-corrected chi connectivity index (χ3v) is 6.80. The molecule has 3 atom stereocenters. The molecule has 2 N–H and O–H groups in total. The number of anilines is 1. The van der Waals surface area contributed by atoms with Gasteiger partial charge in [0.05, 0.1) is 12.0 Å². The van der Waals surface area contributed by atoms with Crippen LogP contribution in [0.1, 0.15) is 33.1 Å². The quantitative estimate of drug-likeness (QED) is 0.871. The molecule has 140 valence electrons. The van der Waals surface area contributed by atoms with Crippen LogP contribution in [0, 0.1) is 10.8 Å². The predicted octanol–water partition coefficient (Wildman–Crippen LogP) is 1.79. The molecule has 1 aliphatic carbocycles. The summed E-state index contributed by atoms with van der Waals surface area (Å²) in [6.45, 7) is 6.08. The zero-order valence-electron chi connectivity index (χ0n) is 15.7. The number of aliphatic hydroxyl groups is 1. The number of fused-ring (bicyclic) bond motifs is 2. The lowest BCUT2D eigenvalue weighted by Crippen LogP contribution is -2.36. The van der Waals surface area contributed by atoms with E-state index in [1.807, 2.05) is 17.2 Å². The minimum absolute atomic E-state index is 0.0686. The van der Waals surface area contributed by atoms with Crippen molar-refractivity contribution in [2.75, 3.05) is 31.6 Å². The fourth-order valence-corrected chi connectivity index (χ4v) is 5.03. The number of aromatic amines is 1. The number of likely N-dealkylation sites (tertiary alicyclic amines) is 1. The maximum absolute atomic E-state index is 12.2. The molecule has 1 saturated heterocycles. The molecule has 2 fully saturated rings. The Labute approximate surface area is 153 Å². The van der Waals surface area contributed by atoms with Crippen LogP contribution in [0.2, 0.25) is 0 Å². The summed E-state index contributed by atoms with van der Waals surface area (Å²) in [5.41, 5.74) is 1.03. The van der Waals surface area contributed by atoms with Gasteiger partial charge in [-0.15, -0.1) is 0 Å². The van der Waals surface area contributed by atoms with E-state index in [1.165, 1.54) is 0 Å². The predicted molar refractivity (Wildman–Crippen MR) is 99.8 cm³/mol. The molecule has 0 radical (unpaired) electrons. The van der Waals surface area contributed by atoms with E-state index < -0.39 is 0 Å². The summed E-state index contributed by atoms with van der Waals surface area (Å²) in [6.07, 6.45) is 5.78. The standard InChI is InChI=1S/C19H27N5O2/c1-18-8-13(9-19(18,2)11-24(10-18)15(26)5-7-25)23(3)17-14-4-6-20-16(14)21-12-22-17/h4,6,12-13,25H,5,7-11H2,1-3H3,(H,20,21,22)/t13?,18-,19+. The van der Waals surface area contributed by atoms with E-state index in [1.54, 1.807) is 6.33 Å². The molecule has 7 heteroatoms. The highest BCUT2D eigenvalue weighted by molar-refractivity contribution is 5.87. The largest absolute Gasteiger partial charge is 0.396 e. The van der Waals surface area contributed by atoms with E-state index in [-0.39, 0.29) is 29.8 Å². The number of hydrogen-bond acceptors (Lipinski definition) is 5. The van der Waals surface area contributed by atoms with Crippen molar-refractivity contribution in [2.24, 2.45) is 10.8 Å². The number of carbonyl (C=O) groups excluding carboxylic acids is 1. The van der Waals surface area contributed by atoms with Gasteiger partial charge in [-0.25, -0.2) is 9.97 Å². The smallest absolute Gasteiger partial charge is 0.224 e. The van der Waals surface area contributed by atoms with Gasteiger partial charge in [-0.3, -0.25) is 4.79 Å². The van der Waals surface area contributed by atoms with Gasteiger partial charge in [0.25, 0.3) is 0 Å². The van der Waals surface area contributed by atoms with Crippen molar-refractivity contribution in [1.29, 1.82) is 0 Å². The Hall–Kier alpha value is -2.15. The van der Waals surface area contributed by atoms with Gasteiger partial charge in [-0.2, -0.15) is 0 Å². The van der Waals surface area contributed by atoms with Crippen molar-refractivity contribution in [2.45, 2.75) is 39.2 Å². The minimum Gasteiger partial charge on any atom is -0.396 e. The highest BCUT2D eigenvalue weighted by atomic mass is 16.3. The number of H-pyrrole nitrogens is 1. The molecule has 1 unspecified atom stereocenters. The molecule has 0 spiro atoms. The fraction of sp³-hybridized carbons (Fsp3) is 0.632. The number of carbonyl (C=O) groups is 1. The highest BCUT2D eigenvalue weighted by Crippen LogP contribution is 2.58. The van der Waals surface area contributed by atoms with Crippen LogP contribution in [-0.2, 0) is 4.79 Å². The molecule has 2 aromatic heterocycles. The van der Waals surface area contributed by atoms with Crippen molar-refractivity contribution in [3.8, 4) is 0 Å². The SMILES string of the molecule is CN(c1ncnc2[nH]ccc12)C1C[C@@]2(C)CN(C(=O)CCO)C[C@@]2(C)C1. The van der Waals surface area contributed by atoms with E-state index in [9.17, 15) is 4.79 Å². The number of rotatable bonds is 4. The Bertz CT molecular complexity index is 816. The van der Waals surface area contributed by atoms with Crippen LogP contribution in [-0.4, -0.2) is 63.7 Å². The summed E-state index contributed by atoms with van der Waals surface area (Å²) in [6, 6.07) is 2.41. The number of aromatic nitrogens is 3. The van der Waals surface area contributed by atoms with Gasteiger partial charge in [0.2, 0.25) is 5.91 Å². The second-order valence-corrected chi connectivity index (χ2v) is 8.45. The Morgan fingerprint density at radius 1 is 1.35 bits per heavy atom. The number of nitrogens with one attached hydrogen (secondary N) is 1. The molecular weight excluding hydrogens is 330 g/mol. The number of amides is 1. The molecule has 2 aromatic rings. The molecule has 4 rings (SSSR count). The monoisotopic (exact) mass is 357 g/mol. The van der Waals surface area contributed by atoms with Crippen LogP contribution < -0.4 is 4.90 Å². The third-order valence-electron chi connectivity index (χ3n) is 6.80. The molecule has 2 aliphatic rings. The van der Waals surface area contributed by atoms with E-state index >= 15 is 0 Å². The van der Waals surface area contributed by atoms with Crippen LogP contribution in [0.4, 0.5) is 5.82 Å². The van der Waals surface area contributed by atoms with Gasteiger partial charge in [0.1, 0.15) is 17.8 Å². The zero-order valence-corrected chi connectivity index (χ0v) is 15.7. The Kier molecular flexibility index (Phi) is 3.95. The van der Waals surface area contributed by atoms with Gasteiger partial charge in [-0.05, 0) is 29.7 Å². The average molecular weight is 357 g/mol. The second kappa shape index (κ2) is 5.94.